The summed E-state index contributed by atoms with van der Waals surface area (Å²) in [6.45, 7) is 2.10. The molecule has 20 heavy (non-hydrogen) atoms. The molecule has 0 aliphatic heterocycles. The van der Waals surface area contributed by atoms with E-state index >= 15 is 0 Å². The summed E-state index contributed by atoms with van der Waals surface area (Å²) in [5, 5.41) is 3.73. The van der Waals surface area contributed by atoms with E-state index in [2.05, 4.69) is 22.2 Å². The molecular formula is C15H16ClN3O. The van der Waals surface area contributed by atoms with Crippen molar-refractivity contribution >= 4 is 29.5 Å². The molecule has 1 aromatic carbocycles. The van der Waals surface area contributed by atoms with E-state index in [1.807, 2.05) is 12.1 Å². The number of hydrogen-bond donors (Lipinski definition) is 1. The van der Waals surface area contributed by atoms with E-state index < -0.39 is 0 Å². The van der Waals surface area contributed by atoms with Crippen molar-refractivity contribution in [2.75, 3.05) is 5.32 Å². The number of carbonyl (C=O) groups is 1. The van der Waals surface area contributed by atoms with Crippen LogP contribution in [0.2, 0.25) is 5.02 Å². The minimum atomic E-state index is 0.476. The Kier molecular flexibility index (Phi) is 5.07. The van der Waals surface area contributed by atoms with Gasteiger partial charge in [-0.15, -0.1) is 0 Å². The second-order valence-electron chi connectivity index (χ2n) is 4.45. The maximum Gasteiger partial charge on any atom is 0.227 e. The summed E-state index contributed by atoms with van der Waals surface area (Å²) < 4.78 is 0. The zero-order valence-corrected chi connectivity index (χ0v) is 12.0. The van der Waals surface area contributed by atoms with Crippen LogP contribution in [0, 0.1) is 0 Å². The largest absolute Gasteiger partial charge is 0.324 e. The molecule has 1 N–H and O–H groups in total. The lowest BCUT2D eigenvalue weighted by Crippen LogP contribution is -2.04. The predicted octanol–water partition coefficient (Wildman–Crippen LogP) is 4.03. The molecule has 2 aromatic rings. The third-order valence-corrected chi connectivity index (χ3v) is 3.11. The number of benzene rings is 1. The van der Waals surface area contributed by atoms with Gasteiger partial charge in [0.05, 0.1) is 11.3 Å². The number of nitrogens with zero attached hydrogens (tertiary/aromatic N) is 2. The average molecular weight is 290 g/mol. The molecule has 0 amide bonds. The molecule has 1 aromatic heterocycles. The van der Waals surface area contributed by atoms with Crippen LogP contribution in [0.1, 0.15) is 35.8 Å². The molecule has 0 radical (unpaired) electrons. The molecule has 0 unspecified atom stereocenters. The maximum absolute atomic E-state index is 11.0. The second-order valence-corrected chi connectivity index (χ2v) is 4.89. The molecule has 5 heteroatoms. The summed E-state index contributed by atoms with van der Waals surface area (Å²) in [7, 11) is 0. The number of hydrogen-bond acceptors (Lipinski definition) is 4. The van der Waals surface area contributed by atoms with Crippen LogP contribution >= 0.6 is 11.6 Å². The molecule has 104 valence electrons. The lowest BCUT2D eigenvalue weighted by molar-refractivity contribution is 0.112. The van der Waals surface area contributed by atoms with Crippen molar-refractivity contribution in [2.45, 2.75) is 26.2 Å². The number of aryl methyl sites for hydroxylation is 1. The summed E-state index contributed by atoms with van der Waals surface area (Å²) in [5.41, 5.74) is 2.15. The standard InChI is InChI=1S/C15H16ClN3O/c1-2-3-7-14-11(10-20)9-17-15(19-14)18-13-6-4-5-12(16)8-13/h4-6,8-10H,2-3,7H2,1H3,(H,17,18,19). The van der Waals surface area contributed by atoms with Gasteiger partial charge >= 0.3 is 0 Å². The smallest absolute Gasteiger partial charge is 0.227 e. The zero-order valence-electron chi connectivity index (χ0n) is 11.3. The molecule has 0 saturated heterocycles. The Morgan fingerprint density at radius 2 is 2.25 bits per heavy atom. The molecule has 0 fully saturated rings. The van der Waals surface area contributed by atoms with E-state index in [1.54, 1.807) is 18.3 Å². The van der Waals surface area contributed by atoms with Crippen LogP contribution < -0.4 is 5.32 Å². The maximum atomic E-state index is 11.0. The molecule has 0 atom stereocenters. The first-order valence-corrected chi connectivity index (χ1v) is 6.94. The fourth-order valence-corrected chi connectivity index (χ4v) is 2.02. The van der Waals surface area contributed by atoms with E-state index in [0.29, 0.717) is 16.5 Å². The third kappa shape index (κ3) is 3.78. The first kappa shape index (κ1) is 14.5. The van der Waals surface area contributed by atoms with Crippen LogP contribution in [0.5, 0.6) is 0 Å². The van der Waals surface area contributed by atoms with Gasteiger partial charge in [-0.1, -0.05) is 31.0 Å². The van der Waals surface area contributed by atoms with Crippen molar-refractivity contribution < 1.29 is 4.79 Å². The highest BCUT2D eigenvalue weighted by molar-refractivity contribution is 6.30. The predicted molar refractivity (Wildman–Crippen MR) is 80.8 cm³/mol. The number of nitrogens with one attached hydrogen (secondary N) is 1. The lowest BCUT2D eigenvalue weighted by atomic mass is 10.1. The van der Waals surface area contributed by atoms with Crippen molar-refractivity contribution in [2.24, 2.45) is 0 Å². The minimum Gasteiger partial charge on any atom is -0.324 e. The van der Waals surface area contributed by atoms with Crippen molar-refractivity contribution in [3.8, 4) is 0 Å². The Morgan fingerprint density at radius 1 is 1.40 bits per heavy atom. The number of aromatic nitrogens is 2. The van der Waals surface area contributed by atoms with Crippen LogP contribution in [0.4, 0.5) is 11.6 Å². The Balaban J connectivity index is 2.21. The summed E-state index contributed by atoms with van der Waals surface area (Å²) in [4.78, 5) is 19.5. The van der Waals surface area contributed by atoms with E-state index in [4.69, 9.17) is 11.6 Å². The van der Waals surface area contributed by atoms with Gasteiger partial charge in [0.2, 0.25) is 5.95 Å². The van der Waals surface area contributed by atoms with E-state index in [1.165, 1.54) is 0 Å². The normalized spacial score (nSPS) is 10.3. The van der Waals surface area contributed by atoms with Gasteiger partial charge in [-0.05, 0) is 31.0 Å². The highest BCUT2D eigenvalue weighted by Gasteiger charge is 2.07. The topological polar surface area (TPSA) is 54.9 Å². The van der Waals surface area contributed by atoms with Gasteiger partial charge in [0.25, 0.3) is 0 Å². The van der Waals surface area contributed by atoms with Crippen LogP contribution in [-0.4, -0.2) is 16.3 Å². The summed E-state index contributed by atoms with van der Waals surface area (Å²) in [5.74, 6) is 0.476. The van der Waals surface area contributed by atoms with Crippen molar-refractivity contribution in [3.05, 3.63) is 46.7 Å². The summed E-state index contributed by atoms with van der Waals surface area (Å²) in [6, 6.07) is 7.33. The fourth-order valence-electron chi connectivity index (χ4n) is 1.82. The Labute approximate surface area is 123 Å². The Bertz CT molecular complexity index is 601. The number of anilines is 2. The average Bonchev–Trinajstić information content (AvgIpc) is 2.45. The molecule has 1 heterocycles. The quantitative estimate of drug-likeness (QED) is 0.816. The van der Waals surface area contributed by atoms with Crippen LogP contribution in [0.15, 0.2) is 30.5 Å². The molecule has 0 bridgehead atoms. The lowest BCUT2D eigenvalue weighted by Gasteiger charge is -2.08. The van der Waals surface area contributed by atoms with Gasteiger partial charge in [0.1, 0.15) is 0 Å². The molecular weight excluding hydrogens is 274 g/mol. The van der Waals surface area contributed by atoms with Crippen molar-refractivity contribution in [3.63, 3.8) is 0 Å². The van der Waals surface area contributed by atoms with E-state index in [-0.39, 0.29) is 0 Å². The number of unbranched alkanes of at least 4 members (excludes halogenated alkanes) is 1. The minimum absolute atomic E-state index is 0.476. The highest BCUT2D eigenvalue weighted by atomic mass is 35.5. The van der Waals surface area contributed by atoms with Gasteiger partial charge < -0.3 is 5.32 Å². The molecule has 4 nitrogen and oxygen atoms in total. The van der Waals surface area contributed by atoms with Crippen LogP contribution in [0.3, 0.4) is 0 Å². The third-order valence-electron chi connectivity index (χ3n) is 2.87. The number of rotatable bonds is 6. The number of carbonyl (C=O) groups excluding carboxylic acids is 1. The van der Waals surface area contributed by atoms with Crippen molar-refractivity contribution in [1.29, 1.82) is 0 Å². The van der Waals surface area contributed by atoms with Crippen LogP contribution in [-0.2, 0) is 6.42 Å². The SMILES string of the molecule is CCCCc1nc(Nc2cccc(Cl)c2)ncc1C=O. The first-order valence-electron chi connectivity index (χ1n) is 6.56. The molecule has 0 saturated carbocycles. The first-order chi connectivity index (χ1) is 9.72. The summed E-state index contributed by atoms with van der Waals surface area (Å²) >= 11 is 5.93. The fraction of sp³-hybridized carbons (Fsp3) is 0.267. The van der Waals surface area contributed by atoms with Gasteiger partial charge in [-0.3, -0.25) is 4.79 Å². The number of halogens is 1. The highest BCUT2D eigenvalue weighted by Crippen LogP contribution is 2.18. The second kappa shape index (κ2) is 7.01. The Hall–Kier alpha value is -1.94. The summed E-state index contributed by atoms with van der Waals surface area (Å²) in [6.07, 6.45) is 5.18. The van der Waals surface area contributed by atoms with E-state index in [0.717, 1.165) is 36.9 Å². The molecule has 2 rings (SSSR count). The van der Waals surface area contributed by atoms with Crippen molar-refractivity contribution in [1.82, 2.24) is 9.97 Å². The number of aldehydes is 1. The van der Waals surface area contributed by atoms with Gasteiger partial charge in [0, 0.05) is 16.9 Å². The van der Waals surface area contributed by atoms with Gasteiger partial charge in [-0.2, -0.15) is 0 Å². The van der Waals surface area contributed by atoms with Gasteiger partial charge in [-0.25, -0.2) is 9.97 Å². The van der Waals surface area contributed by atoms with E-state index in [9.17, 15) is 4.79 Å². The Morgan fingerprint density at radius 3 is 2.95 bits per heavy atom. The van der Waals surface area contributed by atoms with Gasteiger partial charge in [0.15, 0.2) is 6.29 Å². The molecule has 0 aliphatic rings. The monoisotopic (exact) mass is 289 g/mol. The van der Waals surface area contributed by atoms with Crippen LogP contribution in [0.25, 0.3) is 0 Å². The molecule has 0 aliphatic carbocycles. The molecule has 0 spiro atoms. The zero-order chi connectivity index (χ0) is 14.4.